The lowest BCUT2D eigenvalue weighted by Gasteiger charge is -2.13. The molecule has 1 aliphatic heterocycles. The van der Waals surface area contributed by atoms with Crippen molar-refractivity contribution >= 4 is 11.4 Å². The number of rotatable bonds is 2. The van der Waals surface area contributed by atoms with Crippen LogP contribution in [0.5, 0.6) is 5.75 Å². The molecule has 1 aliphatic rings. The molecule has 92 valence electrons. The van der Waals surface area contributed by atoms with Gasteiger partial charge in [-0.1, -0.05) is 18.2 Å². The Labute approximate surface area is 107 Å². The monoisotopic (exact) mass is 240 g/mol. The third-order valence-electron chi connectivity index (χ3n) is 3.44. The van der Waals surface area contributed by atoms with Crippen LogP contribution >= 0.6 is 0 Å². The molecule has 0 saturated heterocycles. The summed E-state index contributed by atoms with van der Waals surface area (Å²) < 4.78 is 5.25. The lowest BCUT2D eigenvalue weighted by Crippen LogP contribution is -2.08. The van der Waals surface area contributed by atoms with E-state index in [9.17, 15) is 0 Å². The Bertz CT molecular complexity index is 580. The van der Waals surface area contributed by atoms with Crippen LogP contribution in [0.1, 0.15) is 17.2 Å². The minimum Gasteiger partial charge on any atom is -0.497 e. The highest BCUT2D eigenvalue weighted by molar-refractivity contribution is 5.63. The molecule has 0 amide bonds. The Kier molecular flexibility index (Phi) is 2.59. The molecule has 3 N–H and O–H groups in total. The van der Waals surface area contributed by atoms with Crippen molar-refractivity contribution in [2.45, 2.75) is 12.5 Å². The first-order valence-corrected chi connectivity index (χ1v) is 6.06. The molecule has 0 aliphatic carbocycles. The number of nitrogens with one attached hydrogen (secondary N) is 1. The van der Waals surface area contributed by atoms with Gasteiger partial charge in [0.1, 0.15) is 5.75 Å². The van der Waals surface area contributed by atoms with Gasteiger partial charge < -0.3 is 15.8 Å². The summed E-state index contributed by atoms with van der Waals surface area (Å²) in [5.41, 5.74) is 10.5. The average Bonchev–Trinajstić information content (AvgIpc) is 2.81. The van der Waals surface area contributed by atoms with Crippen molar-refractivity contribution in [2.75, 3.05) is 18.2 Å². The van der Waals surface area contributed by atoms with E-state index in [1.54, 1.807) is 7.11 Å². The van der Waals surface area contributed by atoms with Gasteiger partial charge in [-0.2, -0.15) is 0 Å². The predicted octanol–water partition coefficient (Wildman–Crippen LogP) is 2.99. The van der Waals surface area contributed by atoms with Crippen LogP contribution in [-0.4, -0.2) is 7.11 Å². The zero-order chi connectivity index (χ0) is 12.5. The normalized spacial score (nSPS) is 17.1. The van der Waals surface area contributed by atoms with Gasteiger partial charge in [-0.25, -0.2) is 0 Å². The summed E-state index contributed by atoms with van der Waals surface area (Å²) in [5.74, 6) is 0.900. The van der Waals surface area contributed by atoms with Gasteiger partial charge in [-0.15, -0.1) is 0 Å². The molecule has 2 aromatic carbocycles. The van der Waals surface area contributed by atoms with Crippen molar-refractivity contribution in [3.05, 3.63) is 53.6 Å². The minimum absolute atomic E-state index is 0.258. The molecule has 0 radical (unpaired) electrons. The van der Waals surface area contributed by atoms with Gasteiger partial charge in [0.15, 0.2) is 0 Å². The number of ether oxygens (including phenoxy) is 1. The van der Waals surface area contributed by atoms with E-state index in [2.05, 4.69) is 23.5 Å². The van der Waals surface area contributed by atoms with E-state index in [1.165, 1.54) is 11.3 Å². The molecular formula is C15H16N2O. The average molecular weight is 240 g/mol. The van der Waals surface area contributed by atoms with Crippen LogP contribution in [0.4, 0.5) is 11.4 Å². The fraction of sp³-hybridized carbons (Fsp3) is 0.200. The molecule has 3 rings (SSSR count). The van der Waals surface area contributed by atoms with Gasteiger partial charge in [0.2, 0.25) is 0 Å². The molecule has 3 nitrogen and oxygen atoms in total. The number of hydrogen-bond acceptors (Lipinski definition) is 3. The Morgan fingerprint density at radius 3 is 2.83 bits per heavy atom. The lowest BCUT2D eigenvalue weighted by molar-refractivity contribution is 0.414. The highest BCUT2D eigenvalue weighted by Gasteiger charge is 2.23. The number of nitrogens with two attached hydrogens (primary N) is 1. The summed E-state index contributed by atoms with van der Waals surface area (Å²) in [4.78, 5) is 0. The van der Waals surface area contributed by atoms with E-state index in [0.29, 0.717) is 0 Å². The first-order valence-electron chi connectivity index (χ1n) is 6.06. The summed E-state index contributed by atoms with van der Waals surface area (Å²) in [6, 6.07) is 14.4. The maximum Gasteiger partial charge on any atom is 0.119 e. The summed E-state index contributed by atoms with van der Waals surface area (Å²) in [6.07, 6.45) is 0.945. The first-order chi connectivity index (χ1) is 8.78. The topological polar surface area (TPSA) is 47.3 Å². The van der Waals surface area contributed by atoms with E-state index >= 15 is 0 Å². The summed E-state index contributed by atoms with van der Waals surface area (Å²) in [7, 11) is 1.69. The largest absolute Gasteiger partial charge is 0.497 e. The van der Waals surface area contributed by atoms with E-state index in [1.807, 2.05) is 24.3 Å². The molecule has 18 heavy (non-hydrogen) atoms. The first kappa shape index (κ1) is 11.0. The van der Waals surface area contributed by atoms with E-state index in [4.69, 9.17) is 10.5 Å². The third-order valence-corrected chi connectivity index (χ3v) is 3.44. The number of hydrogen-bond donors (Lipinski definition) is 2. The second kappa shape index (κ2) is 4.26. The fourth-order valence-electron chi connectivity index (χ4n) is 2.48. The minimum atomic E-state index is 0.258. The zero-order valence-electron chi connectivity index (χ0n) is 10.3. The van der Waals surface area contributed by atoms with Gasteiger partial charge in [-0.3, -0.25) is 0 Å². The van der Waals surface area contributed by atoms with Gasteiger partial charge in [0.25, 0.3) is 0 Å². The highest BCUT2D eigenvalue weighted by atomic mass is 16.5. The molecule has 0 bridgehead atoms. The van der Waals surface area contributed by atoms with E-state index in [0.717, 1.165) is 23.4 Å². The Morgan fingerprint density at radius 1 is 1.22 bits per heavy atom. The molecule has 1 heterocycles. The van der Waals surface area contributed by atoms with Crippen molar-refractivity contribution in [3.8, 4) is 5.75 Å². The molecule has 0 fully saturated rings. The van der Waals surface area contributed by atoms with Crippen molar-refractivity contribution in [1.29, 1.82) is 0 Å². The highest BCUT2D eigenvalue weighted by Crippen LogP contribution is 2.37. The summed E-state index contributed by atoms with van der Waals surface area (Å²) >= 11 is 0. The van der Waals surface area contributed by atoms with Crippen LogP contribution in [0.3, 0.4) is 0 Å². The predicted molar refractivity (Wildman–Crippen MR) is 73.9 cm³/mol. The number of benzene rings is 2. The SMILES string of the molecule is COc1ccc2c(c1)CC(c1ccccc1N)N2. The molecule has 0 aromatic heterocycles. The molecule has 2 aromatic rings. The molecule has 0 spiro atoms. The van der Waals surface area contributed by atoms with E-state index in [-0.39, 0.29) is 6.04 Å². The van der Waals surface area contributed by atoms with Crippen molar-refractivity contribution in [2.24, 2.45) is 0 Å². The quantitative estimate of drug-likeness (QED) is 0.793. The van der Waals surface area contributed by atoms with Crippen molar-refractivity contribution in [3.63, 3.8) is 0 Å². The third kappa shape index (κ3) is 1.78. The zero-order valence-corrected chi connectivity index (χ0v) is 10.3. The number of para-hydroxylation sites is 1. The second-order valence-corrected chi connectivity index (χ2v) is 4.55. The van der Waals surface area contributed by atoms with Crippen LogP contribution in [-0.2, 0) is 6.42 Å². The van der Waals surface area contributed by atoms with Crippen LogP contribution < -0.4 is 15.8 Å². The summed E-state index contributed by atoms with van der Waals surface area (Å²) in [6.45, 7) is 0. The van der Waals surface area contributed by atoms with Gasteiger partial charge in [0, 0.05) is 11.4 Å². The summed E-state index contributed by atoms with van der Waals surface area (Å²) in [5, 5.41) is 3.51. The molecule has 1 unspecified atom stereocenters. The number of nitrogen functional groups attached to an aromatic ring is 1. The molecular weight excluding hydrogens is 224 g/mol. The Balaban J connectivity index is 1.91. The molecule has 3 heteroatoms. The van der Waals surface area contributed by atoms with Crippen LogP contribution in [0, 0.1) is 0 Å². The van der Waals surface area contributed by atoms with Gasteiger partial charge in [0.05, 0.1) is 13.2 Å². The van der Waals surface area contributed by atoms with Crippen molar-refractivity contribution < 1.29 is 4.74 Å². The van der Waals surface area contributed by atoms with Crippen LogP contribution in [0.15, 0.2) is 42.5 Å². The van der Waals surface area contributed by atoms with E-state index < -0.39 is 0 Å². The smallest absolute Gasteiger partial charge is 0.119 e. The van der Waals surface area contributed by atoms with Crippen molar-refractivity contribution in [1.82, 2.24) is 0 Å². The fourth-order valence-corrected chi connectivity index (χ4v) is 2.48. The van der Waals surface area contributed by atoms with Crippen LogP contribution in [0.2, 0.25) is 0 Å². The van der Waals surface area contributed by atoms with Gasteiger partial charge >= 0.3 is 0 Å². The Morgan fingerprint density at radius 2 is 2.06 bits per heavy atom. The second-order valence-electron chi connectivity index (χ2n) is 4.55. The number of anilines is 2. The van der Waals surface area contributed by atoms with Gasteiger partial charge in [-0.05, 0) is 41.8 Å². The Hall–Kier alpha value is -2.16. The number of fused-ring (bicyclic) bond motifs is 1. The standard InChI is InChI=1S/C15H16N2O/c1-18-11-6-7-14-10(8-11)9-15(17-14)12-4-2-3-5-13(12)16/h2-8,15,17H,9,16H2,1H3. The molecule has 1 atom stereocenters. The lowest BCUT2D eigenvalue weighted by atomic mass is 10.0. The maximum absolute atomic E-state index is 6.03. The number of methoxy groups -OCH3 is 1. The van der Waals surface area contributed by atoms with Crippen LogP contribution in [0.25, 0.3) is 0 Å². The maximum atomic E-state index is 6.03. The molecule has 0 saturated carbocycles.